The van der Waals surface area contributed by atoms with E-state index in [9.17, 15) is 29.1 Å². The van der Waals surface area contributed by atoms with Gasteiger partial charge < -0.3 is 75.7 Å². The summed E-state index contributed by atoms with van der Waals surface area (Å²) < 4.78 is 32.4. The summed E-state index contributed by atoms with van der Waals surface area (Å²) in [6, 6.07) is 4.42. The van der Waals surface area contributed by atoms with Crippen LogP contribution in [0.1, 0.15) is 31.2 Å². The van der Waals surface area contributed by atoms with Crippen LogP contribution >= 0.6 is 0 Å². The van der Waals surface area contributed by atoms with Crippen LogP contribution in [0, 0.1) is 0 Å². The zero-order chi connectivity index (χ0) is 38.1. The number of aliphatic carboxylic acids is 2. The number of hydrogen-bond donors (Lipinski definition) is 8. The molecular weight excluding hydrogens is 688 g/mol. The van der Waals surface area contributed by atoms with Gasteiger partial charge in [-0.25, -0.2) is 14.4 Å². The van der Waals surface area contributed by atoms with Gasteiger partial charge >= 0.3 is 24.0 Å². The maximum absolute atomic E-state index is 12.3. The molecule has 1 aromatic carbocycles. The van der Waals surface area contributed by atoms with Crippen LogP contribution in [0.5, 0.6) is 0 Å². The Morgan fingerprint density at radius 2 is 1.31 bits per heavy atom. The van der Waals surface area contributed by atoms with Crippen LogP contribution in [0.4, 0.5) is 15.3 Å². The Morgan fingerprint density at radius 3 is 1.87 bits per heavy atom. The number of nitrogens with two attached hydrogens (primary N) is 1. The Hall–Kier alpha value is -4.53. The predicted octanol–water partition coefficient (Wildman–Crippen LogP) is 0.351. The number of amides is 4. The van der Waals surface area contributed by atoms with Gasteiger partial charge in [-0.15, -0.1) is 0 Å². The highest BCUT2D eigenvalue weighted by Gasteiger charge is 2.19. The maximum Gasteiger partial charge on any atom is 0.326 e. The van der Waals surface area contributed by atoms with E-state index in [1.807, 2.05) is 5.32 Å². The second-order valence-electron chi connectivity index (χ2n) is 10.8. The minimum absolute atomic E-state index is 0.0956. The number of carbonyl (C=O) groups excluding carboxylic acids is 3. The number of ether oxygens (including phenoxy) is 6. The molecule has 1 rings (SSSR count). The van der Waals surface area contributed by atoms with E-state index in [-0.39, 0.29) is 13.0 Å². The zero-order valence-electron chi connectivity index (χ0n) is 29.4. The number of carbonyl (C=O) groups is 5. The molecule has 0 radical (unpaired) electrons. The molecule has 0 aliphatic rings. The van der Waals surface area contributed by atoms with Gasteiger partial charge in [0.2, 0.25) is 0 Å². The first kappa shape index (κ1) is 45.5. The Balaban J connectivity index is 2.08. The number of nitrogens with one attached hydrogen (secondary N) is 5. The molecule has 0 bridgehead atoms. The fourth-order valence-electron chi connectivity index (χ4n) is 3.98. The molecule has 1 atom stereocenters. The lowest BCUT2D eigenvalue weighted by atomic mass is 10.1. The van der Waals surface area contributed by atoms with E-state index in [4.69, 9.17) is 39.3 Å². The number of unbranched alkanes of at least 4 members (excludes halogenated alkanes) is 1. The second-order valence-corrected chi connectivity index (χ2v) is 10.8. The zero-order valence-corrected chi connectivity index (χ0v) is 29.4. The Bertz CT molecular complexity index is 1190. The lowest BCUT2D eigenvalue weighted by Gasteiger charge is -2.15. The summed E-state index contributed by atoms with van der Waals surface area (Å²) in [4.78, 5) is 56.0. The van der Waals surface area contributed by atoms with Gasteiger partial charge in [-0.3, -0.25) is 4.79 Å². The number of carboxylic acid groups (broad SMARTS) is 2. The molecule has 9 N–H and O–H groups in total. The molecule has 0 saturated heterocycles. The first-order chi connectivity index (χ1) is 25.2. The van der Waals surface area contributed by atoms with Crippen molar-refractivity contribution in [1.29, 1.82) is 0 Å². The number of rotatable bonds is 33. The highest BCUT2D eigenvalue weighted by molar-refractivity contribution is 5.89. The summed E-state index contributed by atoms with van der Waals surface area (Å²) >= 11 is 0. The van der Waals surface area contributed by atoms with Crippen molar-refractivity contribution in [3.8, 4) is 0 Å². The van der Waals surface area contributed by atoms with Crippen molar-refractivity contribution in [3.05, 3.63) is 36.0 Å². The third kappa shape index (κ3) is 26.3. The monoisotopic (exact) mass is 742 g/mol. The van der Waals surface area contributed by atoms with Crippen molar-refractivity contribution >= 4 is 41.7 Å². The predicted molar refractivity (Wildman–Crippen MR) is 189 cm³/mol. The number of urea groups is 2. The number of benzene rings is 1. The smallest absolute Gasteiger partial charge is 0.326 e. The second kappa shape index (κ2) is 31.2. The van der Waals surface area contributed by atoms with E-state index in [0.29, 0.717) is 122 Å². The van der Waals surface area contributed by atoms with Crippen LogP contribution in [0.25, 0.3) is 5.70 Å². The molecule has 0 unspecified atom stereocenters. The van der Waals surface area contributed by atoms with Gasteiger partial charge in [-0.1, -0.05) is 12.1 Å². The van der Waals surface area contributed by atoms with Crippen LogP contribution < -0.4 is 32.3 Å². The van der Waals surface area contributed by atoms with E-state index in [1.165, 1.54) is 0 Å². The molecule has 1 aromatic rings. The summed E-state index contributed by atoms with van der Waals surface area (Å²) in [6.07, 6.45) is 3.78. The van der Waals surface area contributed by atoms with Crippen LogP contribution in [-0.2, 0) is 42.8 Å². The molecule has 0 aliphatic heterocycles. The number of carboxylic acids is 2. The molecule has 19 heteroatoms. The van der Waals surface area contributed by atoms with Gasteiger partial charge in [-0.05, 0) is 31.4 Å². The summed E-state index contributed by atoms with van der Waals surface area (Å²) in [7, 11) is 0. The quantitative estimate of drug-likeness (QED) is 0.0357. The molecule has 0 saturated carbocycles. The normalized spacial score (nSPS) is 11.7. The topological polar surface area (TPSA) is 267 Å². The lowest BCUT2D eigenvalue weighted by molar-refractivity contribution is -0.139. The molecule has 0 spiro atoms. The van der Waals surface area contributed by atoms with Crippen LogP contribution in [-0.4, -0.2) is 145 Å². The minimum atomic E-state index is -1.25. The summed E-state index contributed by atoms with van der Waals surface area (Å²) in [5, 5.41) is 30.6. The minimum Gasteiger partial charge on any atom is -0.480 e. The van der Waals surface area contributed by atoms with Gasteiger partial charge in [-0.2, -0.15) is 0 Å². The standard InChI is InChI=1S/C33H54N6O13/c34-28(24-35-9-12-48-14-16-50-18-20-52-22-21-51-19-17-49-15-13-47-11-4-10-40)26-5-3-6-27(23-26)38-32(45)36-8-2-1-7-29(31(43)44)39-33(46)37-25-30(41)42/h3,5-6,10,23-24,29,35H,1-2,4,7-9,11-22,25,34H2,(H,41,42)(H,43,44)(H2,36,38,45)(H2,37,39,46)/b28-24-/t29-/m0/s1. The van der Waals surface area contributed by atoms with Crippen molar-refractivity contribution in [2.45, 2.75) is 31.7 Å². The van der Waals surface area contributed by atoms with Crippen LogP contribution in [0.2, 0.25) is 0 Å². The van der Waals surface area contributed by atoms with Gasteiger partial charge in [0.05, 0.1) is 85.0 Å². The van der Waals surface area contributed by atoms with E-state index in [2.05, 4.69) is 21.3 Å². The van der Waals surface area contributed by atoms with Crippen LogP contribution in [0.15, 0.2) is 30.5 Å². The Kier molecular flexibility index (Phi) is 27.3. The highest BCUT2D eigenvalue weighted by atomic mass is 16.6. The molecule has 0 aliphatic carbocycles. The molecule has 19 nitrogen and oxygen atoms in total. The molecule has 0 fully saturated rings. The van der Waals surface area contributed by atoms with Gasteiger partial charge in [0.15, 0.2) is 0 Å². The van der Waals surface area contributed by atoms with Crippen molar-refractivity contribution in [2.75, 3.05) is 104 Å². The third-order valence-electron chi connectivity index (χ3n) is 6.55. The average molecular weight is 743 g/mol. The summed E-state index contributed by atoms with van der Waals surface area (Å²) in [5.41, 5.74) is 7.84. The Morgan fingerprint density at radius 1 is 0.731 bits per heavy atom. The third-order valence-corrected chi connectivity index (χ3v) is 6.55. The Labute approximate surface area is 303 Å². The van der Waals surface area contributed by atoms with Crippen molar-refractivity contribution in [3.63, 3.8) is 0 Å². The van der Waals surface area contributed by atoms with E-state index in [0.717, 1.165) is 6.29 Å². The van der Waals surface area contributed by atoms with Gasteiger partial charge in [0.25, 0.3) is 0 Å². The molecule has 0 heterocycles. The van der Waals surface area contributed by atoms with Gasteiger partial charge in [0, 0.05) is 37.0 Å². The SMILES string of the molecule is N/C(=C\NCCOCCOCCOCCOCCOCCOCCC=O)c1cccc(NC(=O)NCCCC[C@H](NC(=O)NCC(=O)O)C(=O)O)c1. The van der Waals surface area contributed by atoms with E-state index in [1.54, 1.807) is 30.5 Å². The fraction of sp³-hybridized carbons (Fsp3) is 0.606. The van der Waals surface area contributed by atoms with E-state index < -0.39 is 36.6 Å². The fourth-order valence-corrected chi connectivity index (χ4v) is 3.98. The number of aldehydes is 1. The van der Waals surface area contributed by atoms with Crippen LogP contribution in [0.3, 0.4) is 0 Å². The molecule has 52 heavy (non-hydrogen) atoms. The first-order valence-electron chi connectivity index (χ1n) is 17.0. The van der Waals surface area contributed by atoms with Crippen molar-refractivity contribution in [2.24, 2.45) is 5.73 Å². The number of anilines is 1. The highest BCUT2D eigenvalue weighted by Crippen LogP contribution is 2.15. The largest absolute Gasteiger partial charge is 0.480 e. The lowest BCUT2D eigenvalue weighted by Crippen LogP contribution is -2.47. The van der Waals surface area contributed by atoms with E-state index >= 15 is 0 Å². The molecule has 4 amide bonds. The first-order valence-corrected chi connectivity index (χ1v) is 17.0. The average Bonchev–Trinajstić information content (AvgIpc) is 3.12. The van der Waals surface area contributed by atoms with Gasteiger partial charge in [0.1, 0.15) is 18.9 Å². The molecule has 0 aromatic heterocycles. The summed E-state index contributed by atoms with van der Waals surface area (Å²) in [5.74, 6) is -2.50. The number of hydrogen-bond acceptors (Lipinski definition) is 13. The van der Waals surface area contributed by atoms with Crippen molar-refractivity contribution < 1.29 is 62.6 Å². The maximum atomic E-state index is 12.3. The molecular formula is C33H54N6O13. The molecule has 294 valence electrons. The van der Waals surface area contributed by atoms with Crippen molar-refractivity contribution in [1.82, 2.24) is 21.3 Å². The summed E-state index contributed by atoms with van der Waals surface area (Å²) in [6.45, 7) is 5.51.